The van der Waals surface area contributed by atoms with Crippen molar-refractivity contribution in [3.63, 3.8) is 0 Å². The Kier molecular flexibility index (Phi) is 38.8. The number of Topliss-reactive ketones (excluding diaryl/α,β-unsaturated/α-hetero) is 5. The van der Waals surface area contributed by atoms with E-state index in [1.54, 1.807) is 45.9 Å². The van der Waals surface area contributed by atoms with E-state index in [0.717, 1.165) is 81.7 Å². The molecule has 6 aliphatic heterocycles. The van der Waals surface area contributed by atoms with Gasteiger partial charge in [0, 0.05) is 59.7 Å². The summed E-state index contributed by atoms with van der Waals surface area (Å²) in [5.74, 6) is -0.869. The van der Waals surface area contributed by atoms with Gasteiger partial charge in [0.2, 0.25) is 23.6 Å². The maximum absolute atomic E-state index is 13.7. The molecule has 0 aliphatic carbocycles. The highest BCUT2D eigenvalue weighted by Crippen LogP contribution is 2.39. The van der Waals surface area contributed by atoms with Crippen molar-refractivity contribution >= 4 is 141 Å². The summed E-state index contributed by atoms with van der Waals surface area (Å²) >= 11 is 0. The van der Waals surface area contributed by atoms with E-state index in [4.69, 9.17) is 14.2 Å². The number of fused-ring (bicyclic) bond motifs is 4. The van der Waals surface area contributed by atoms with Crippen LogP contribution in [0, 0.1) is 0 Å². The number of cyclic esters (lactones) is 1. The van der Waals surface area contributed by atoms with Gasteiger partial charge in [0.05, 0.1) is 63.1 Å². The lowest BCUT2D eigenvalue weighted by Crippen LogP contribution is -2.60. The average Bonchev–Trinajstić information content (AvgIpc) is 1.75. The van der Waals surface area contributed by atoms with Crippen LogP contribution in [0.4, 0.5) is 27.5 Å². The van der Waals surface area contributed by atoms with Crippen molar-refractivity contribution in [2.24, 2.45) is 0 Å². The van der Waals surface area contributed by atoms with Crippen LogP contribution in [0.25, 0.3) is 0 Å². The van der Waals surface area contributed by atoms with E-state index in [-0.39, 0.29) is 176 Å². The number of esters is 1. The average molecular weight is 1750 g/mol. The Balaban J connectivity index is 0.000000224. The van der Waals surface area contributed by atoms with Crippen LogP contribution >= 0.6 is 54.0 Å². The molecule has 8 aromatic rings. The van der Waals surface area contributed by atoms with E-state index in [9.17, 15) is 57.8 Å². The molecule has 8 aromatic carbocycles. The van der Waals surface area contributed by atoms with E-state index in [2.05, 4.69) is 22.5 Å². The van der Waals surface area contributed by atoms with Crippen LogP contribution in [0.15, 0.2) is 231 Å². The second-order valence-corrected chi connectivity index (χ2v) is 31.3. The molecule has 14 rings (SSSR count). The standard InChI is InChI=1S/C26H28N2O6.C24H26N2O3.C23H28N2O3.C23H26N2O3.4H2S/c1-3-33-25(31)22-15-23(19-10-5-4-6-11-19)34-26(32)28(22)21-14-13-18-9-7-8-12-20(18)27(24(21)30)16-17(2)29;1-16(27)15-26-22-11-7-6-8-18(22)12-13-20(24(26)28)25-21-14-23(29-17(21)2)19-9-4-3-5-10-19;2*1-16(14-22(27)19-9-4-3-5-10-19)24-20-13-12-18-8-6-7-11-21(18)25(23(20)28)15-17(2)26;;;;/h4-12,21-23H,3,13-16H2,1-2H3;3-11,20-21,23,25H,2,12-15H2,1H3;3-11,16,20,22,24,27H,12-15H2,1-2H3;3-11,16,20,24H,12-15H2,1-2H3;4*1H2/t21-,22?,23?;20-,21?,23?;16?,20-,22?;16?,20-;;;;/m0000..../s1. The Morgan fingerprint density at radius 2 is 0.805 bits per heavy atom. The van der Waals surface area contributed by atoms with Gasteiger partial charge >= 0.3 is 12.1 Å². The molecule has 4 N–H and O–H groups in total. The quantitative estimate of drug-likeness (QED) is 0.0305. The van der Waals surface area contributed by atoms with Crippen LogP contribution in [0.3, 0.4) is 0 Å². The Hall–Kier alpha value is -10.5. The third kappa shape index (κ3) is 26.5. The minimum Gasteiger partial charge on any atom is -0.489 e. The molecule has 11 atom stereocenters. The summed E-state index contributed by atoms with van der Waals surface area (Å²) < 4.78 is 17.0. The molecule has 0 spiro atoms. The molecular formula is C96H116N8O15S4. The molecule has 2 saturated heterocycles. The normalized spacial score (nSPS) is 20.2. The highest BCUT2D eigenvalue weighted by atomic mass is 32.1. The largest absolute Gasteiger partial charge is 0.489 e. The van der Waals surface area contributed by atoms with Gasteiger partial charge in [0.15, 0.2) is 5.78 Å². The lowest BCUT2D eigenvalue weighted by atomic mass is 9.96. The van der Waals surface area contributed by atoms with Gasteiger partial charge in [0.25, 0.3) is 0 Å². The molecule has 6 aliphatic rings. The molecule has 5 amide bonds. The van der Waals surface area contributed by atoms with Crippen LogP contribution < -0.4 is 35.6 Å². The van der Waals surface area contributed by atoms with Crippen molar-refractivity contribution in [3.05, 3.63) is 275 Å². The summed E-state index contributed by atoms with van der Waals surface area (Å²) in [6.07, 6.45) is 4.73. The zero-order valence-electron chi connectivity index (χ0n) is 70.8. The summed E-state index contributed by atoms with van der Waals surface area (Å²) in [7, 11) is 0. The van der Waals surface area contributed by atoms with Gasteiger partial charge in [-0.2, -0.15) is 54.0 Å². The van der Waals surface area contributed by atoms with Gasteiger partial charge in [-0.1, -0.05) is 201 Å². The first-order valence-electron chi connectivity index (χ1n) is 41.1. The molecule has 6 heterocycles. The number of amides is 5. The topological polar surface area (TPSA) is 288 Å². The number of aliphatic hydroxyl groups excluding tert-OH is 1. The van der Waals surface area contributed by atoms with Gasteiger partial charge in [-0.15, -0.1) is 0 Å². The minimum absolute atomic E-state index is 0. The van der Waals surface area contributed by atoms with Crippen LogP contribution in [0.2, 0.25) is 0 Å². The molecule has 27 heteroatoms. The third-order valence-electron chi connectivity index (χ3n) is 22.0. The van der Waals surface area contributed by atoms with Crippen molar-refractivity contribution in [1.29, 1.82) is 0 Å². The fraction of sp³-hybridized carbons (Fsp3) is 0.365. The number of ketones is 5. The zero-order chi connectivity index (χ0) is 84.8. The maximum atomic E-state index is 13.7. The second-order valence-electron chi connectivity index (χ2n) is 31.3. The Bertz CT molecular complexity index is 4940. The number of hydrogen-bond donors (Lipinski definition) is 4. The SMILES string of the molecule is C=C1OC(c2ccccc2)CC1N[C@H]1CCc2ccccc2N(CC(C)=O)C1=O.CC(=O)CN1C(=O)[C@@H](NC(C)CC(=O)c2ccccc2)CCc2ccccc21.CC(=O)CN1C(=O)[C@@H](NC(C)CC(O)c2ccccc2)CCc2ccccc21.CCOC(=O)C1CC(c2ccccc2)OC(=O)N1[C@H]1CCc2ccccc2N(CC(C)=O)C1=O.S.S.S.S. The molecule has 0 bridgehead atoms. The first kappa shape index (κ1) is 99.6. The lowest BCUT2D eigenvalue weighted by Gasteiger charge is -2.41. The Morgan fingerprint density at radius 3 is 1.23 bits per heavy atom. The first-order chi connectivity index (χ1) is 57.3. The first-order valence-corrected chi connectivity index (χ1v) is 41.1. The number of anilines is 4. The smallest absolute Gasteiger partial charge is 0.411 e. The summed E-state index contributed by atoms with van der Waals surface area (Å²) in [6.45, 7) is 15.8. The molecule has 23 nitrogen and oxygen atoms in total. The number of carbonyl (C=O) groups excluding carboxylic acids is 11. The fourth-order valence-electron chi connectivity index (χ4n) is 16.4. The molecule has 0 aromatic heterocycles. The highest BCUT2D eigenvalue weighted by molar-refractivity contribution is 7.59. The molecule has 123 heavy (non-hydrogen) atoms. The van der Waals surface area contributed by atoms with Crippen molar-refractivity contribution in [1.82, 2.24) is 20.9 Å². The summed E-state index contributed by atoms with van der Waals surface area (Å²) in [6, 6.07) is 65.2. The molecule has 7 unspecified atom stereocenters. The number of ether oxygens (including phenoxy) is 3. The monoisotopic (exact) mass is 1750 g/mol. The van der Waals surface area contributed by atoms with Crippen LogP contribution in [-0.4, -0.2) is 156 Å². The van der Waals surface area contributed by atoms with E-state index in [1.165, 1.54) is 37.5 Å². The van der Waals surface area contributed by atoms with Crippen LogP contribution in [-0.2, 0) is 83.0 Å². The van der Waals surface area contributed by atoms with E-state index < -0.39 is 48.3 Å². The number of rotatable bonds is 25. The Morgan fingerprint density at radius 1 is 0.447 bits per heavy atom. The van der Waals surface area contributed by atoms with Crippen molar-refractivity contribution < 1.29 is 72.1 Å². The number of hydrogen-bond acceptors (Lipinski definition) is 18. The minimum atomic E-state index is -0.985. The molecular weight excluding hydrogens is 1630 g/mol. The lowest BCUT2D eigenvalue weighted by molar-refractivity contribution is -0.155. The number of aryl methyl sites for hydroxylation is 4. The third-order valence-corrected chi connectivity index (χ3v) is 22.0. The predicted molar refractivity (Wildman–Crippen MR) is 498 cm³/mol. The summed E-state index contributed by atoms with van der Waals surface area (Å²) in [5.41, 5.74) is 10.7. The van der Waals surface area contributed by atoms with Crippen LogP contribution in [0.5, 0.6) is 0 Å². The van der Waals surface area contributed by atoms with Gasteiger partial charge in [-0.3, -0.25) is 53.4 Å². The van der Waals surface area contributed by atoms with Crippen molar-refractivity contribution in [2.45, 2.75) is 192 Å². The second kappa shape index (κ2) is 48.0. The zero-order valence-corrected chi connectivity index (χ0v) is 74.8. The van der Waals surface area contributed by atoms with Crippen molar-refractivity contribution in [2.75, 3.05) is 52.4 Å². The molecule has 0 saturated carbocycles. The number of para-hydroxylation sites is 4. The van der Waals surface area contributed by atoms with Gasteiger partial charge in [-0.25, -0.2) is 9.59 Å². The summed E-state index contributed by atoms with van der Waals surface area (Å²) in [5, 5.41) is 20.7. The molecule has 654 valence electrons. The number of nitrogens with one attached hydrogen (secondary N) is 3. The maximum Gasteiger partial charge on any atom is 0.411 e. The molecule has 0 radical (unpaired) electrons. The van der Waals surface area contributed by atoms with E-state index >= 15 is 0 Å². The van der Waals surface area contributed by atoms with Gasteiger partial charge in [-0.05, 0) is 169 Å². The summed E-state index contributed by atoms with van der Waals surface area (Å²) in [4.78, 5) is 147. The van der Waals surface area contributed by atoms with Gasteiger partial charge in [0.1, 0.15) is 53.2 Å². The number of carbonyl (C=O) groups is 11. The number of benzene rings is 8. The predicted octanol–water partition coefficient (Wildman–Crippen LogP) is 13.6. The Labute approximate surface area is 749 Å². The van der Waals surface area contributed by atoms with E-state index in [1.807, 2.05) is 208 Å². The van der Waals surface area contributed by atoms with E-state index in [0.29, 0.717) is 62.0 Å². The highest BCUT2D eigenvalue weighted by Gasteiger charge is 2.49. The number of nitrogens with zero attached hydrogens (tertiary/aromatic N) is 5. The number of aliphatic hydroxyl groups is 1. The van der Waals surface area contributed by atoms with Crippen LogP contribution in [0.1, 0.15) is 167 Å². The van der Waals surface area contributed by atoms with Gasteiger partial charge < -0.3 is 49.6 Å². The fourth-order valence-corrected chi connectivity index (χ4v) is 16.4. The van der Waals surface area contributed by atoms with Crippen molar-refractivity contribution in [3.8, 4) is 0 Å². The molecule has 2 fully saturated rings.